The Hall–Kier alpha value is -3.54. The van der Waals surface area contributed by atoms with Gasteiger partial charge in [0.25, 0.3) is 5.91 Å². The van der Waals surface area contributed by atoms with Crippen LogP contribution in [0.25, 0.3) is 0 Å². The van der Waals surface area contributed by atoms with Crippen molar-refractivity contribution in [2.45, 2.75) is 76.8 Å². The largest absolute Gasteiger partial charge is 0.444 e. The van der Waals surface area contributed by atoms with E-state index in [4.69, 9.17) is 9.57 Å². The number of urea groups is 2. The normalized spacial score (nSPS) is 22.0. The fraction of sp³-hybridized carbons (Fsp3) is 0.600. The molecule has 0 saturated carbocycles. The molecule has 2 bridgehead atoms. The quantitative estimate of drug-likeness (QED) is 0.514. The third kappa shape index (κ3) is 6.82. The van der Waals surface area contributed by atoms with Gasteiger partial charge in [0, 0.05) is 25.7 Å². The second kappa shape index (κ2) is 11.2. The summed E-state index contributed by atoms with van der Waals surface area (Å²) in [5, 5.41) is 4.20. The lowest BCUT2D eigenvalue weighted by atomic mass is 10.0. The van der Waals surface area contributed by atoms with Crippen LogP contribution in [0.5, 0.6) is 0 Å². The molecule has 12 heteroatoms. The van der Waals surface area contributed by atoms with E-state index in [0.29, 0.717) is 45.3 Å². The number of amides is 6. The third-order valence-corrected chi connectivity index (χ3v) is 6.63. The molecule has 3 saturated heterocycles. The number of alkyl carbamates (subject to hydrolysis) is 1. The smallest absolute Gasteiger partial charge is 0.407 e. The van der Waals surface area contributed by atoms with E-state index in [2.05, 4.69) is 16.2 Å². The number of piperidine rings is 2. The predicted octanol–water partition coefficient (Wildman–Crippen LogP) is 2.12. The monoisotopic (exact) mass is 516 g/mol. The van der Waals surface area contributed by atoms with Crippen LogP contribution in [0.15, 0.2) is 30.3 Å². The Labute approximate surface area is 216 Å². The van der Waals surface area contributed by atoms with Gasteiger partial charge in [-0.1, -0.05) is 30.3 Å². The molecule has 3 fully saturated rings. The summed E-state index contributed by atoms with van der Waals surface area (Å²) in [5.74, 6) is -0.438. The molecule has 3 heterocycles. The molecule has 0 radical (unpaired) electrons. The highest BCUT2D eigenvalue weighted by Crippen LogP contribution is 2.30. The van der Waals surface area contributed by atoms with Gasteiger partial charge in [-0.15, -0.1) is 0 Å². The summed E-state index contributed by atoms with van der Waals surface area (Å²) >= 11 is 0. The molecule has 3 N–H and O–H groups in total. The van der Waals surface area contributed by atoms with Gasteiger partial charge in [0.1, 0.15) is 18.2 Å². The lowest BCUT2D eigenvalue weighted by molar-refractivity contribution is -0.140. The average molecular weight is 517 g/mol. The summed E-state index contributed by atoms with van der Waals surface area (Å²) in [7, 11) is 0. The second-order valence-corrected chi connectivity index (χ2v) is 10.6. The second-order valence-electron chi connectivity index (χ2n) is 10.6. The highest BCUT2D eigenvalue weighted by Gasteiger charge is 2.48. The lowest BCUT2D eigenvalue weighted by Gasteiger charge is -2.33. The van der Waals surface area contributed by atoms with E-state index in [1.54, 1.807) is 25.7 Å². The van der Waals surface area contributed by atoms with Crippen LogP contribution in [0.4, 0.5) is 14.4 Å². The number of rotatable bonds is 5. The van der Waals surface area contributed by atoms with Gasteiger partial charge in [-0.3, -0.25) is 15.1 Å². The van der Waals surface area contributed by atoms with Crippen LogP contribution in [-0.2, 0) is 21.0 Å². The van der Waals surface area contributed by atoms with Crippen LogP contribution in [0.3, 0.4) is 0 Å². The predicted molar refractivity (Wildman–Crippen MR) is 133 cm³/mol. The maximum atomic E-state index is 12.9. The number of carbonyl (C=O) groups excluding carboxylic acids is 4. The van der Waals surface area contributed by atoms with Gasteiger partial charge in [-0.05, 0) is 52.0 Å². The van der Waals surface area contributed by atoms with Gasteiger partial charge in [-0.2, -0.15) is 5.06 Å². The molecule has 0 aliphatic carbocycles. The van der Waals surface area contributed by atoms with E-state index >= 15 is 0 Å². The minimum absolute atomic E-state index is 0.0862. The Bertz CT molecular complexity index is 991. The van der Waals surface area contributed by atoms with Crippen LogP contribution < -0.4 is 16.2 Å². The van der Waals surface area contributed by atoms with Crippen molar-refractivity contribution in [1.29, 1.82) is 0 Å². The zero-order valence-corrected chi connectivity index (χ0v) is 21.6. The first-order valence-corrected chi connectivity index (χ1v) is 12.7. The van der Waals surface area contributed by atoms with Crippen molar-refractivity contribution in [2.75, 3.05) is 19.6 Å². The van der Waals surface area contributed by atoms with E-state index in [9.17, 15) is 19.2 Å². The van der Waals surface area contributed by atoms with Crippen LogP contribution >= 0.6 is 0 Å². The minimum atomic E-state index is -0.682. The Morgan fingerprint density at radius 2 is 1.70 bits per heavy atom. The Kier molecular flexibility index (Phi) is 8.06. The van der Waals surface area contributed by atoms with Gasteiger partial charge >= 0.3 is 18.2 Å². The van der Waals surface area contributed by atoms with E-state index in [1.165, 1.54) is 9.96 Å². The maximum Gasteiger partial charge on any atom is 0.407 e. The molecule has 12 nitrogen and oxygen atoms in total. The lowest BCUT2D eigenvalue weighted by Crippen LogP contribution is -2.57. The number of fused-ring (bicyclic) bond motifs is 2. The molecular weight excluding hydrogens is 480 g/mol. The Balaban J connectivity index is 1.19. The van der Waals surface area contributed by atoms with Crippen molar-refractivity contribution in [2.24, 2.45) is 0 Å². The molecule has 6 amide bonds. The van der Waals surface area contributed by atoms with Crippen molar-refractivity contribution in [3.05, 3.63) is 35.9 Å². The van der Waals surface area contributed by atoms with Gasteiger partial charge in [-0.25, -0.2) is 19.8 Å². The topological polar surface area (TPSA) is 133 Å². The molecule has 3 aliphatic heterocycles. The highest BCUT2D eigenvalue weighted by atomic mass is 16.7. The molecule has 0 spiro atoms. The number of benzene rings is 1. The molecule has 0 aromatic heterocycles. The summed E-state index contributed by atoms with van der Waals surface area (Å²) < 4.78 is 5.28. The van der Waals surface area contributed by atoms with E-state index in [0.717, 1.165) is 5.56 Å². The van der Waals surface area contributed by atoms with Crippen molar-refractivity contribution >= 4 is 24.1 Å². The summed E-state index contributed by atoms with van der Waals surface area (Å²) in [6.07, 6.45) is 1.78. The fourth-order valence-electron chi connectivity index (χ4n) is 4.77. The van der Waals surface area contributed by atoms with Gasteiger partial charge in [0.15, 0.2) is 0 Å². The van der Waals surface area contributed by atoms with Crippen molar-refractivity contribution in [3.63, 3.8) is 0 Å². The van der Waals surface area contributed by atoms with Crippen LogP contribution in [0.2, 0.25) is 0 Å². The van der Waals surface area contributed by atoms with E-state index in [-0.39, 0.29) is 24.7 Å². The van der Waals surface area contributed by atoms with Gasteiger partial charge in [0.2, 0.25) is 0 Å². The van der Waals surface area contributed by atoms with Crippen molar-refractivity contribution in [3.8, 4) is 0 Å². The van der Waals surface area contributed by atoms with Crippen LogP contribution in [0.1, 0.15) is 52.0 Å². The first kappa shape index (κ1) is 26.5. The average Bonchev–Trinajstić information content (AvgIpc) is 3.10. The Morgan fingerprint density at radius 1 is 1.00 bits per heavy atom. The molecule has 37 heavy (non-hydrogen) atoms. The number of hydrazine groups is 1. The fourth-order valence-corrected chi connectivity index (χ4v) is 4.77. The zero-order valence-electron chi connectivity index (χ0n) is 21.6. The third-order valence-electron chi connectivity index (χ3n) is 6.63. The van der Waals surface area contributed by atoms with Crippen LogP contribution in [0, 0.1) is 0 Å². The van der Waals surface area contributed by atoms with E-state index < -0.39 is 29.7 Å². The number of hydrogen-bond acceptors (Lipinski definition) is 6. The van der Waals surface area contributed by atoms with Crippen LogP contribution in [-0.4, -0.2) is 82.3 Å². The molecule has 1 aromatic rings. The summed E-state index contributed by atoms with van der Waals surface area (Å²) in [4.78, 5) is 59.1. The number of hydroxylamine groups is 2. The molecular formula is C25H36N6O6. The van der Waals surface area contributed by atoms with Crippen molar-refractivity contribution < 1.29 is 28.8 Å². The number of ether oxygens (including phenoxy) is 1. The Morgan fingerprint density at radius 3 is 2.38 bits per heavy atom. The van der Waals surface area contributed by atoms with Gasteiger partial charge < -0.3 is 19.9 Å². The molecule has 202 valence electrons. The van der Waals surface area contributed by atoms with Crippen molar-refractivity contribution in [1.82, 2.24) is 31.0 Å². The maximum absolute atomic E-state index is 12.9. The number of hydrogen-bond donors (Lipinski definition) is 3. The molecule has 3 aliphatic rings. The number of nitrogens with one attached hydrogen (secondary N) is 3. The number of nitrogens with zero attached hydrogens (tertiary/aromatic N) is 3. The highest BCUT2D eigenvalue weighted by molar-refractivity contribution is 5.89. The number of likely N-dealkylation sites (tertiary alicyclic amines) is 1. The summed E-state index contributed by atoms with van der Waals surface area (Å²) in [6.45, 7) is 6.92. The van der Waals surface area contributed by atoms with E-state index in [1.807, 2.05) is 30.3 Å². The minimum Gasteiger partial charge on any atom is -0.444 e. The first-order chi connectivity index (χ1) is 17.6. The zero-order chi connectivity index (χ0) is 26.6. The SMILES string of the molecule is CC(C)(C)OC(=O)NC1CCN(C(=O)NNC(=O)[C@@H]2CCC3CN2C(=O)N3OCc2ccccc2)CC1. The first-order valence-electron chi connectivity index (χ1n) is 12.7. The molecule has 1 aromatic carbocycles. The molecule has 2 atom stereocenters. The standard InChI is InChI=1S/C25H36N6O6/c1-25(2,3)37-23(34)26-18-11-13-29(14-12-18)22(33)28-27-21(32)20-10-9-19-15-30(20)24(35)31(19)36-16-17-7-5-4-6-8-17/h4-8,18-20H,9-16H2,1-3H3,(H,26,34)(H,27,32)(H,28,33)/t19?,20-/m0/s1. The molecule has 1 unspecified atom stereocenters. The van der Waals surface area contributed by atoms with Gasteiger partial charge in [0.05, 0.1) is 6.04 Å². The summed E-state index contributed by atoms with van der Waals surface area (Å²) in [5.41, 5.74) is 5.31. The summed E-state index contributed by atoms with van der Waals surface area (Å²) in [6, 6.07) is 7.92. The number of carbonyl (C=O) groups is 4. The molecule has 4 rings (SSSR count).